The van der Waals surface area contributed by atoms with Crippen LogP contribution >= 0.6 is 0 Å². The Morgan fingerprint density at radius 1 is 1.06 bits per heavy atom. The molecule has 32 heavy (non-hydrogen) atoms. The molecule has 1 amide bonds. The first kappa shape index (κ1) is 23.9. The fourth-order valence-corrected chi connectivity index (χ4v) is 4.60. The van der Waals surface area contributed by atoms with E-state index in [1.165, 1.54) is 23.5 Å². The zero-order valence-corrected chi connectivity index (χ0v) is 19.2. The van der Waals surface area contributed by atoms with Crippen LogP contribution in [0.25, 0.3) is 0 Å². The summed E-state index contributed by atoms with van der Waals surface area (Å²) in [6.45, 7) is 2.47. The van der Waals surface area contributed by atoms with E-state index in [-0.39, 0.29) is 23.8 Å². The second-order valence-corrected chi connectivity index (χ2v) is 9.85. The van der Waals surface area contributed by atoms with Crippen molar-refractivity contribution in [1.82, 2.24) is 14.5 Å². The standard InChI is InChI=1S/C23H29FN4O3S/c1-27(17-13-18-5-7-19(8-6-18)23-25-14-15-26-23)22(29)4-3-16-28(2)32(30,31)21-11-9-20(24)10-12-21/h5-12H,3-4,13-17H2,1-2H3,(H,25,26). The Balaban J connectivity index is 1.42. The van der Waals surface area contributed by atoms with Crippen molar-refractivity contribution in [2.24, 2.45) is 4.99 Å². The quantitative estimate of drug-likeness (QED) is 0.590. The van der Waals surface area contributed by atoms with E-state index in [2.05, 4.69) is 10.3 Å². The highest BCUT2D eigenvalue weighted by atomic mass is 32.2. The van der Waals surface area contributed by atoms with Crippen LogP contribution in [0.4, 0.5) is 4.39 Å². The Labute approximate surface area is 189 Å². The number of benzene rings is 2. The minimum absolute atomic E-state index is 0.0290. The third-order valence-corrected chi connectivity index (χ3v) is 7.32. The number of aliphatic imine (C=N–C) groups is 1. The summed E-state index contributed by atoms with van der Waals surface area (Å²) in [6.07, 6.45) is 1.40. The van der Waals surface area contributed by atoms with Gasteiger partial charge in [0, 0.05) is 45.7 Å². The Morgan fingerprint density at radius 3 is 2.38 bits per heavy atom. The first-order chi connectivity index (χ1) is 15.3. The number of carbonyl (C=O) groups is 1. The maximum Gasteiger partial charge on any atom is 0.242 e. The van der Waals surface area contributed by atoms with Gasteiger partial charge in [0.2, 0.25) is 15.9 Å². The maximum absolute atomic E-state index is 13.0. The summed E-state index contributed by atoms with van der Waals surface area (Å²) in [7, 11) is -0.483. The number of amidine groups is 1. The van der Waals surface area contributed by atoms with Crippen molar-refractivity contribution in [3.05, 3.63) is 65.5 Å². The van der Waals surface area contributed by atoms with Gasteiger partial charge in [-0.15, -0.1) is 0 Å². The zero-order chi connectivity index (χ0) is 23.1. The predicted molar refractivity (Wildman–Crippen MR) is 123 cm³/mol. The van der Waals surface area contributed by atoms with Crippen molar-refractivity contribution in [2.75, 3.05) is 40.3 Å². The topological polar surface area (TPSA) is 82.1 Å². The Bertz CT molecular complexity index is 1050. The van der Waals surface area contributed by atoms with E-state index in [9.17, 15) is 17.6 Å². The van der Waals surface area contributed by atoms with E-state index < -0.39 is 15.8 Å². The third kappa shape index (κ3) is 6.14. The molecule has 0 atom stereocenters. The molecular weight excluding hydrogens is 431 g/mol. The fourth-order valence-electron chi connectivity index (χ4n) is 3.39. The summed E-state index contributed by atoms with van der Waals surface area (Å²) < 4.78 is 39.3. The van der Waals surface area contributed by atoms with Gasteiger partial charge in [-0.05, 0) is 42.7 Å². The molecule has 9 heteroatoms. The monoisotopic (exact) mass is 460 g/mol. The normalized spacial score (nSPS) is 13.7. The molecule has 0 aliphatic carbocycles. The second-order valence-electron chi connectivity index (χ2n) is 7.80. The molecule has 0 bridgehead atoms. The van der Waals surface area contributed by atoms with Crippen LogP contribution in [-0.4, -0.2) is 69.6 Å². The van der Waals surface area contributed by atoms with Crippen molar-refractivity contribution in [1.29, 1.82) is 0 Å². The third-order valence-electron chi connectivity index (χ3n) is 5.45. The van der Waals surface area contributed by atoms with Crippen LogP contribution in [0, 0.1) is 5.82 Å². The van der Waals surface area contributed by atoms with Crippen LogP contribution in [0.3, 0.4) is 0 Å². The molecule has 1 aliphatic heterocycles. The van der Waals surface area contributed by atoms with Gasteiger partial charge in [0.05, 0.1) is 11.4 Å². The van der Waals surface area contributed by atoms with E-state index in [4.69, 9.17) is 0 Å². The highest BCUT2D eigenvalue weighted by Crippen LogP contribution is 2.15. The summed E-state index contributed by atoms with van der Waals surface area (Å²) in [5.74, 6) is 0.408. The number of rotatable bonds is 10. The largest absolute Gasteiger partial charge is 0.368 e. The van der Waals surface area contributed by atoms with Gasteiger partial charge >= 0.3 is 0 Å². The van der Waals surface area contributed by atoms with Gasteiger partial charge in [-0.2, -0.15) is 0 Å². The van der Waals surface area contributed by atoms with Gasteiger partial charge in [0.25, 0.3) is 0 Å². The lowest BCUT2D eigenvalue weighted by Gasteiger charge is -2.19. The van der Waals surface area contributed by atoms with Crippen LogP contribution in [0.2, 0.25) is 0 Å². The molecule has 1 heterocycles. The van der Waals surface area contributed by atoms with Gasteiger partial charge in [-0.25, -0.2) is 17.1 Å². The Kier molecular flexibility index (Phi) is 7.98. The van der Waals surface area contributed by atoms with E-state index in [1.54, 1.807) is 11.9 Å². The average molecular weight is 461 g/mol. The summed E-state index contributed by atoms with van der Waals surface area (Å²) in [6, 6.07) is 12.9. The van der Waals surface area contributed by atoms with Crippen LogP contribution in [0.15, 0.2) is 58.4 Å². The van der Waals surface area contributed by atoms with Crippen molar-refractivity contribution in [3.63, 3.8) is 0 Å². The Hall–Kier alpha value is -2.78. The highest BCUT2D eigenvalue weighted by Gasteiger charge is 2.21. The maximum atomic E-state index is 13.0. The summed E-state index contributed by atoms with van der Waals surface area (Å²) >= 11 is 0. The number of nitrogens with zero attached hydrogens (tertiary/aromatic N) is 3. The zero-order valence-electron chi connectivity index (χ0n) is 18.4. The first-order valence-electron chi connectivity index (χ1n) is 10.6. The SMILES string of the molecule is CN(CCc1ccc(C2=NCCN2)cc1)C(=O)CCCN(C)S(=O)(=O)c1ccc(F)cc1. The van der Waals surface area contributed by atoms with Crippen LogP contribution in [-0.2, 0) is 21.2 Å². The molecule has 0 fully saturated rings. The van der Waals surface area contributed by atoms with Gasteiger partial charge in [-0.3, -0.25) is 9.79 Å². The average Bonchev–Trinajstić information content (AvgIpc) is 3.33. The van der Waals surface area contributed by atoms with Crippen LogP contribution in [0.1, 0.15) is 24.0 Å². The Morgan fingerprint density at radius 2 is 1.75 bits per heavy atom. The first-order valence-corrected chi connectivity index (χ1v) is 12.0. The number of halogens is 1. The molecule has 1 N–H and O–H groups in total. The smallest absolute Gasteiger partial charge is 0.242 e. The summed E-state index contributed by atoms with van der Waals surface area (Å²) in [4.78, 5) is 18.5. The minimum atomic E-state index is -3.70. The molecule has 0 radical (unpaired) electrons. The molecule has 0 spiro atoms. The minimum Gasteiger partial charge on any atom is -0.368 e. The molecule has 2 aromatic rings. The summed E-state index contributed by atoms with van der Waals surface area (Å²) in [5.41, 5.74) is 2.20. The number of carbonyl (C=O) groups excluding carboxylic acids is 1. The molecule has 0 saturated heterocycles. The van der Waals surface area contributed by atoms with Crippen molar-refractivity contribution in [3.8, 4) is 0 Å². The number of hydrogen-bond acceptors (Lipinski definition) is 5. The van der Waals surface area contributed by atoms with Crippen molar-refractivity contribution in [2.45, 2.75) is 24.2 Å². The predicted octanol–water partition coefficient (Wildman–Crippen LogP) is 2.28. The molecule has 3 rings (SSSR count). The van der Waals surface area contributed by atoms with E-state index in [1.807, 2.05) is 24.3 Å². The van der Waals surface area contributed by atoms with Gasteiger partial charge < -0.3 is 10.2 Å². The number of nitrogens with one attached hydrogen (secondary N) is 1. The summed E-state index contributed by atoms with van der Waals surface area (Å²) in [5, 5.41) is 3.25. The molecule has 0 unspecified atom stereocenters. The van der Waals surface area contributed by atoms with Crippen LogP contribution in [0.5, 0.6) is 0 Å². The van der Waals surface area contributed by atoms with Gasteiger partial charge in [0.1, 0.15) is 11.7 Å². The molecule has 0 aromatic heterocycles. The number of amides is 1. The lowest BCUT2D eigenvalue weighted by molar-refractivity contribution is -0.130. The molecule has 0 saturated carbocycles. The van der Waals surface area contributed by atoms with E-state index in [0.717, 1.165) is 48.6 Å². The van der Waals surface area contributed by atoms with Gasteiger partial charge in [-0.1, -0.05) is 24.3 Å². The number of sulfonamides is 1. The molecular formula is C23H29FN4O3S. The lowest BCUT2D eigenvalue weighted by atomic mass is 10.1. The molecule has 2 aromatic carbocycles. The van der Waals surface area contributed by atoms with Crippen molar-refractivity contribution >= 4 is 21.8 Å². The van der Waals surface area contributed by atoms with Crippen molar-refractivity contribution < 1.29 is 17.6 Å². The highest BCUT2D eigenvalue weighted by molar-refractivity contribution is 7.89. The van der Waals surface area contributed by atoms with Crippen LogP contribution < -0.4 is 5.32 Å². The number of likely N-dealkylation sites (N-methyl/N-ethyl adjacent to an activating group) is 1. The lowest BCUT2D eigenvalue weighted by Crippen LogP contribution is -2.31. The molecule has 172 valence electrons. The molecule has 1 aliphatic rings. The van der Waals surface area contributed by atoms with Gasteiger partial charge in [0.15, 0.2) is 0 Å². The number of hydrogen-bond donors (Lipinski definition) is 1. The fraction of sp³-hybridized carbons (Fsp3) is 0.391. The van der Waals surface area contributed by atoms with E-state index >= 15 is 0 Å². The van der Waals surface area contributed by atoms with E-state index in [0.29, 0.717) is 13.0 Å². The molecule has 7 nitrogen and oxygen atoms in total. The second kappa shape index (κ2) is 10.7.